The number of para-hydroxylation sites is 1. The zero-order chi connectivity index (χ0) is 14.8. The number of hydrogen-bond acceptors (Lipinski definition) is 3. The van der Waals surface area contributed by atoms with Gasteiger partial charge in [-0.25, -0.2) is 0 Å². The second-order valence-corrected chi connectivity index (χ2v) is 4.88. The number of nitrogens with one attached hydrogen (secondary N) is 1. The first-order valence-corrected chi connectivity index (χ1v) is 6.60. The van der Waals surface area contributed by atoms with Gasteiger partial charge >= 0.3 is 0 Å². The summed E-state index contributed by atoms with van der Waals surface area (Å²) in [6.45, 7) is 0. The van der Waals surface area contributed by atoms with Crippen LogP contribution in [0.3, 0.4) is 0 Å². The first-order chi connectivity index (χ1) is 10.1. The van der Waals surface area contributed by atoms with E-state index in [-0.39, 0.29) is 11.0 Å². The van der Waals surface area contributed by atoms with E-state index in [9.17, 15) is 9.59 Å². The summed E-state index contributed by atoms with van der Waals surface area (Å²) in [4.78, 5) is 24.5. The molecule has 2 aromatic carbocycles. The number of benzene rings is 2. The van der Waals surface area contributed by atoms with Crippen molar-refractivity contribution in [1.82, 2.24) is 0 Å². The molecule has 0 radical (unpaired) electrons. The molecule has 0 aliphatic carbocycles. The maximum Gasteiger partial charge on any atom is 0.262 e. The predicted octanol–water partition coefficient (Wildman–Crippen LogP) is 3.70. The fourth-order valence-electron chi connectivity index (χ4n) is 2.00. The van der Waals surface area contributed by atoms with Crippen molar-refractivity contribution in [2.24, 2.45) is 0 Å². The third kappa shape index (κ3) is 2.66. The smallest absolute Gasteiger partial charge is 0.262 e. The lowest BCUT2D eigenvalue weighted by atomic mass is 10.1. The van der Waals surface area contributed by atoms with Crippen LogP contribution < -0.4 is 10.7 Å². The summed E-state index contributed by atoms with van der Waals surface area (Å²) in [5, 5.41) is 3.49. The maximum absolute atomic E-state index is 12.3. The topological polar surface area (TPSA) is 59.3 Å². The van der Waals surface area contributed by atoms with E-state index < -0.39 is 5.91 Å². The minimum atomic E-state index is -0.531. The van der Waals surface area contributed by atoms with Gasteiger partial charge in [0, 0.05) is 10.7 Å². The van der Waals surface area contributed by atoms with E-state index in [1.807, 2.05) is 0 Å². The van der Waals surface area contributed by atoms with Crippen molar-refractivity contribution < 1.29 is 9.21 Å². The SMILES string of the molecule is O=C(Nc1cccc(Cl)c1)c1coc2ccccc2c1=O. The predicted molar refractivity (Wildman–Crippen MR) is 81.9 cm³/mol. The summed E-state index contributed by atoms with van der Waals surface area (Å²) in [5.41, 5.74) is 0.548. The fourth-order valence-corrected chi connectivity index (χ4v) is 2.19. The minimum Gasteiger partial charge on any atom is -0.463 e. The van der Waals surface area contributed by atoms with E-state index in [1.165, 1.54) is 6.26 Å². The quantitative estimate of drug-likeness (QED) is 0.785. The Balaban J connectivity index is 1.99. The van der Waals surface area contributed by atoms with E-state index in [4.69, 9.17) is 16.0 Å². The molecule has 0 aliphatic rings. The molecule has 21 heavy (non-hydrogen) atoms. The Labute approximate surface area is 125 Å². The summed E-state index contributed by atoms with van der Waals surface area (Å²) in [6, 6.07) is 13.5. The molecule has 0 saturated heterocycles. The molecule has 0 bridgehead atoms. The number of hydrogen-bond donors (Lipinski definition) is 1. The molecule has 5 heteroatoms. The molecule has 0 aliphatic heterocycles. The standard InChI is InChI=1S/C16H10ClNO3/c17-10-4-3-5-11(8-10)18-16(20)13-9-21-14-7-2-1-6-12(14)15(13)19/h1-9H,(H,18,20). The van der Waals surface area contributed by atoms with Crippen LogP contribution in [-0.2, 0) is 0 Å². The van der Waals surface area contributed by atoms with Crippen LogP contribution in [-0.4, -0.2) is 5.91 Å². The van der Waals surface area contributed by atoms with Crippen molar-refractivity contribution in [1.29, 1.82) is 0 Å². The Bertz CT molecular complexity index is 886. The van der Waals surface area contributed by atoms with Gasteiger partial charge in [0.05, 0.1) is 5.39 Å². The molecule has 1 heterocycles. The molecule has 1 aromatic heterocycles. The summed E-state index contributed by atoms with van der Waals surface area (Å²) in [5.74, 6) is -0.531. The zero-order valence-electron chi connectivity index (χ0n) is 10.8. The lowest BCUT2D eigenvalue weighted by Gasteiger charge is -2.05. The average Bonchev–Trinajstić information content (AvgIpc) is 2.48. The lowest BCUT2D eigenvalue weighted by Crippen LogP contribution is -2.21. The van der Waals surface area contributed by atoms with Gasteiger partial charge in [-0.1, -0.05) is 29.8 Å². The Morgan fingerprint density at radius 1 is 1.10 bits per heavy atom. The van der Waals surface area contributed by atoms with Crippen LogP contribution in [0, 0.1) is 0 Å². The second kappa shape index (κ2) is 5.42. The highest BCUT2D eigenvalue weighted by atomic mass is 35.5. The van der Waals surface area contributed by atoms with Gasteiger partial charge in [0.1, 0.15) is 17.4 Å². The molecule has 0 unspecified atom stereocenters. The highest BCUT2D eigenvalue weighted by Crippen LogP contribution is 2.16. The first-order valence-electron chi connectivity index (χ1n) is 6.22. The van der Waals surface area contributed by atoms with Gasteiger partial charge in [0.2, 0.25) is 5.43 Å². The molecule has 3 rings (SSSR count). The Hall–Kier alpha value is -2.59. The zero-order valence-corrected chi connectivity index (χ0v) is 11.6. The molecule has 0 atom stereocenters. The minimum absolute atomic E-state index is 0.0475. The molecule has 1 amide bonds. The van der Waals surface area contributed by atoms with Crippen molar-refractivity contribution in [2.45, 2.75) is 0 Å². The Morgan fingerprint density at radius 3 is 2.71 bits per heavy atom. The van der Waals surface area contributed by atoms with Gasteiger partial charge in [-0.2, -0.15) is 0 Å². The van der Waals surface area contributed by atoms with E-state index in [0.717, 1.165) is 0 Å². The van der Waals surface area contributed by atoms with E-state index >= 15 is 0 Å². The van der Waals surface area contributed by atoms with E-state index in [0.29, 0.717) is 21.7 Å². The van der Waals surface area contributed by atoms with Crippen molar-refractivity contribution in [2.75, 3.05) is 5.32 Å². The molecular formula is C16H10ClNO3. The number of carbonyl (C=O) groups excluding carboxylic acids is 1. The third-order valence-corrected chi connectivity index (χ3v) is 3.24. The summed E-state index contributed by atoms with van der Waals surface area (Å²) >= 11 is 5.85. The molecule has 4 nitrogen and oxygen atoms in total. The number of amides is 1. The van der Waals surface area contributed by atoms with Crippen LogP contribution in [0.1, 0.15) is 10.4 Å². The highest BCUT2D eigenvalue weighted by molar-refractivity contribution is 6.31. The van der Waals surface area contributed by atoms with Gasteiger partial charge in [-0.3, -0.25) is 9.59 Å². The number of halogens is 1. The fraction of sp³-hybridized carbons (Fsp3) is 0. The molecule has 3 aromatic rings. The third-order valence-electron chi connectivity index (χ3n) is 3.01. The lowest BCUT2D eigenvalue weighted by molar-refractivity contribution is 0.102. The van der Waals surface area contributed by atoms with Crippen LogP contribution in [0.5, 0.6) is 0 Å². The monoisotopic (exact) mass is 299 g/mol. The highest BCUT2D eigenvalue weighted by Gasteiger charge is 2.14. The first kappa shape index (κ1) is 13.4. The molecule has 0 saturated carbocycles. The summed E-state index contributed by atoms with van der Waals surface area (Å²) in [7, 11) is 0. The second-order valence-electron chi connectivity index (χ2n) is 4.44. The van der Waals surface area contributed by atoms with Crippen molar-refractivity contribution >= 4 is 34.2 Å². The van der Waals surface area contributed by atoms with Gasteiger partial charge in [0.15, 0.2) is 0 Å². The molecule has 0 fully saturated rings. The van der Waals surface area contributed by atoms with Crippen molar-refractivity contribution in [3.63, 3.8) is 0 Å². The molecular weight excluding hydrogens is 290 g/mol. The van der Waals surface area contributed by atoms with Crippen LogP contribution in [0.4, 0.5) is 5.69 Å². The van der Waals surface area contributed by atoms with Crippen molar-refractivity contribution in [3.05, 3.63) is 75.6 Å². The van der Waals surface area contributed by atoms with Gasteiger partial charge < -0.3 is 9.73 Å². The molecule has 0 spiro atoms. The largest absolute Gasteiger partial charge is 0.463 e. The molecule has 1 N–H and O–H groups in total. The number of carbonyl (C=O) groups is 1. The van der Waals surface area contributed by atoms with Crippen molar-refractivity contribution in [3.8, 4) is 0 Å². The number of fused-ring (bicyclic) bond motifs is 1. The number of rotatable bonds is 2. The van der Waals surface area contributed by atoms with Gasteiger partial charge in [0.25, 0.3) is 5.91 Å². The van der Waals surface area contributed by atoms with Crippen LogP contribution in [0.25, 0.3) is 11.0 Å². The Kier molecular flexibility index (Phi) is 3.46. The molecule has 104 valence electrons. The van der Waals surface area contributed by atoms with Gasteiger partial charge in [-0.05, 0) is 30.3 Å². The summed E-state index contributed by atoms with van der Waals surface area (Å²) < 4.78 is 5.32. The summed E-state index contributed by atoms with van der Waals surface area (Å²) in [6.07, 6.45) is 1.17. The average molecular weight is 300 g/mol. The van der Waals surface area contributed by atoms with Crippen LogP contribution >= 0.6 is 11.6 Å². The van der Waals surface area contributed by atoms with Gasteiger partial charge in [-0.15, -0.1) is 0 Å². The van der Waals surface area contributed by atoms with Crippen LogP contribution in [0.15, 0.2) is 64.0 Å². The van der Waals surface area contributed by atoms with E-state index in [2.05, 4.69) is 5.32 Å². The maximum atomic E-state index is 12.3. The Morgan fingerprint density at radius 2 is 1.90 bits per heavy atom. The van der Waals surface area contributed by atoms with E-state index in [1.54, 1.807) is 48.5 Å². The normalized spacial score (nSPS) is 10.5. The van der Waals surface area contributed by atoms with Crippen LogP contribution in [0.2, 0.25) is 5.02 Å². The number of anilines is 1.